The van der Waals surface area contributed by atoms with Crippen LogP contribution in [0, 0.1) is 0 Å². The predicted octanol–water partition coefficient (Wildman–Crippen LogP) is 3.97. The fourth-order valence-corrected chi connectivity index (χ4v) is 4.87. The van der Waals surface area contributed by atoms with E-state index < -0.39 is 15.9 Å². The molecule has 2 aromatic rings. The second kappa shape index (κ2) is 9.06. The van der Waals surface area contributed by atoms with Crippen LogP contribution in [0.25, 0.3) is 0 Å². The molecule has 0 aliphatic carbocycles. The van der Waals surface area contributed by atoms with Crippen molar-refractivity contribution in [1.82, 2.24) is 9.62 Å². The maximum absolute atomic E-state index is 12.8. The predicted molar refractivity (Wildman–Crippen MR) is 104 cm³/mol. The van der Waals surface area contributed by atoms with Crippen LogP contribution in [0.5, 0.6) is 0 Å². The Hall–Kier alpha value is -1.31. The topological polar surface area (TPSA) is 66.5 Å². The van der Waals surface area contributed by atoms with E-state index in [-0.39, 0.29) is 34.6 Å². The number of amides is 1. The number of sulfonamides is 1. The highest BCUT2D eigenvalue weighted by Gasteiger charge is 2.29. The van der Waals surface area contributed by atoms with Gasteiger partial charge >= 0.3 is 0 Å². The molecule has 0 atom stereocenters. The van der Waals surface area contributed by atoms with E-state index in [4.69, 9.17) is 34.8 Å². The Morgan fingerprint density at radius 2 is 1.62 bits per heavy atom. The van der Waals surface area contributed by atoms with E-state index >= 15 is 0 Å². The van der Waals surface area contributed by atoms with Gasteiger partial charge in [0, 0.05) is 18.1 Å². The summed E-state index contributed by atoms with van der Waals surface area (Å²) in [5.41, 5.74) is 0.850. The molecule has 0 aromatic heterocycles. The minimum Gasteiger partial charge on any atom is -0.351 e. The van der Waals surface area contributed by atoms with Crippen LogP contribution in [0.3, 0.4) is 0 Å². The molecule has 0 saturated heterocycles. The van der Waals surface area contributed by atoms with Crippen LogP contribution in [0.2, 0.25) is 15.1 Å². The second-order valence-electron chi connectivity index (χ2n) is 5.39. The quantitative estimate of drug-likeness (QED) is 0.715. The molecule has 26 heavy (non-hydrogen) atoms. The van der Waals surface area contributed by atoms with Gasteiger partial charge in [-0.3, -0.25) is 4.79 Å². The molecule has 1 amide bonds. The Labute approximate surface area is 167 Å². The van der Waals surface area contributed by atoms with Gasteiger partial charge in [-0.1, -0.05) is 59.9 Å². The van der Waals surface area contributed by atoms with Gasteiger partial charge in [0.1, 0.15) is 4.90 Å². The molecule has 2 aromatic carbocycles. The Balaban J connectivity index is 2.10. The summed E-state index contributed by atoms with van der Waals surface area (Å²) < 4.78 is 26.7. The number of carbonyl (C=O) groups excluding carboxylic acids is 1. The van der Waals surface area contributed by atoms with Gasteiger partial charge in [0.25, 0.3) is 0 Å². The molecule has 0 bridgehead atoms. The molecule has 0 aliphatic rings. The summed E-state index contributed by atoms with van der Waals surface area (Å²) in [4.78, 5) is 12.0. The highest BCUT2D eigenvalue weighted by molar-refractivity contribution is 7.89. The van der Waals surface area contributed by atoms with Crippen molar-refractivity contribution in [1.29, 1.82) is 0 Å². The van der Waals surface area contributed by atoms with Crippen molar-refractivity contribution < 1.29 is 13.2 Å². The van der Waals surface area contributed by atoms with Crippen LogP contribution in [0.15, 0.2) is 47.4 Å². The highest BCUT2D eigenvalue weighted by atomic mass is 35.5. The monoisotopic (exact) mass is 434 g/mol. The van der Waals surface area contributed by atoms with E-state index in [9.17, 15) is 13.2 Å². The molecule has 0 heterocycles. The van der Waals surface area contributed by atoms with Crippen LogP contribution in [-0.4, -0.2) is 31.7 Å². The summed E-state index contributed by atoms with van der Waals surface area (Å²) in [6.45, 7) is 1.65. The highest BCUT2D eigenvalue weighted by Crippen LogP contribution is 2.31. The number of nitrogens with zero attached hydrogens (tertiary/aromatic N) is 1. The molecule has 0 saturated carbocycles. The van der Waals surface area contributed by atoms with Crippen molar-refractivity contribution in [2.45, 2.75) is 18.4 Å². The van der Waals surface area contributed by atoms with Gasteiger partial charge in [-0.25, -0.2) is 8.42 Å². The lowest BCUT2D eigenvalue weighted by molar-refractivity contribution is -0.121. The lowest BCUT2D eigenvalue weighted by atomic mass is 10.2. The molecule has 0 radical (unpaired) electrons. The normalized spacial score (nSPS) is 11.6. The molecule has 140 valence electrons. The van der Waals surface area contributed by atoms with Gasteiger partial charge in [0.05, 0.1) is 16.6 Å². The number of hydrogen-bond acceptors (Lipinski definition) is 3. The molecular formula is C17H17Cl3N2O3S. The van der Waals surface area contributed by atoms with Crippen molar-refractivity contribution in [3.8, 4) is 0 Å². The smallest absolute Gasteiger partial charge is 0.246 e. The third-order valence-electron chi connectivity index (χ3n) is 3.59. The van der Waals surface area contributed by atoms with E-state index in [1.54, 1.807) is 37.3 Å². The number of carbonyl (C=O) groups is 1. The van der Waals surface area contributed by atoms with Gasteiger partial charge in [-0.15, -0.1) is 0 Å². The molecule has 0 unspecified atom stereocenters. The largest absolute Gasteiger partial charge is 0.351 e. The van der Waals surface area contributed by atoms with E-state index in [1.807, 2.05) is 0 Å². The van der Waals surface area contributed by atoms with Gasteiger partial charge in [0.2, 0.25) is 15.9 Å². The molecular weight excluding hydrogens is 419 g/mol. The second-order valence-corrected chi connectivity index (χ2v) is 8.51. The zero-order valence-corrected chi connectivity index (χ0v) is 17.0. The fourth-order valence-electron chi connectivity index (χ4n) is 2.24. The first-order valence-corrected chi connectivity index (χ1v) is 10.3. The summed E-state index contributed by atoms with van der Waals surface area (Å²) in [5.74, 6) is -0.437. The Morgan fingerprint density at radius 3 is 2.15 bits per heavy atom. The molecule has 5 nitrogen and oxygen atoms in total. The van der Waals surface area contributed by atoms with E-state index in [2.05, 4.69) is 5.32 Å². The minimum atomic E-state index is -4.00. The van der Waals surface area contributed by atoms with Crippen molar-refractivity contribution in [2.75, 3.05) is 13.1 Å². The number of rotatable bonds is 7. The first kappa shape index (κ1) is 21.0. The maximum atomic E-state index is 12.8. The molecule has 1 N–H and O–H groups in total. The standard InChI is InChI=1S/C17H17Cl3N2O3S/c1-2-22(26(24,25)17-14(19)4-3-5-15(17)20)11-16(23)21-10-12-6-8-13(18)9-7-12/h3-9H,2,10-11H2,1H3,(H,21,23). The summed E-state index contributed by atoms with van der Waals surface area (Å²) in [6.07, 6.45) is 0. The average molecular weight is 436 g/mol. The van der Waals surface area contributed by atoms with Gasteiger partial charge in [-0.2, -0.15) is 4.31 Å². The summed E-state index contributed by atoms with van der Waals surface area (Å²) in [5, 5.41) is 3.30. The van der Waals surface area contributed by atoms with Crippen LogP contribution < -0.4 is 5.32 Å². The first-order valence-electron chi connectivity index (χ1n) is 7.71. The van der Waals surface area contributed by atoms with Crippen LogP contribution in [0.4, 0.5) is 0 Å². The number of likely N-dealkylation sites (N-methyl/N-ethyl adjacent to an activating group) is 1. The molecule has 0 fully saturated rings. The molecule has 9 heteroatoms. The van der Waals surface area contributed by atoms with E-state index in [0.29, 0.717) is 5.02 Å². The third kappa shape index (κ3) is 5.11. The summed E-state index contributed by atoms with van der Waals surface area (Å²) in [7, 11) is -4.00. The van der Waals surface area contributed by atoms with Crippen LogP contribution >= 0.6 is 34.8 Å². The molecule has 2 rings (SSSR count). The SMILES string of the molecule is CCN(CC(=O)NCc1ccc(Cl)cc1)S(=O)(=O)c1c(Cl)cccc1Cl. The van der Waals surface area contributed by atoms with Crippen molar-refractivity contribution in [2.24, 2.45) is 0 Å². The van der Waals surface area contributed by atoms with Gasteiger partial charge < -0.3 is 5.32 Å². The summed E-state index contributed by atoms with van der Waals surface area (Å²) in [6, 6.07) is 11.4. The average Bonchev–Trinajstić information content (AvgIpc) is 2.58. The Kier molecular flexibility index (Phi) is 7.32. The van der Waals surface area contributed by atoms with Crippen LogP contribution in [-0.2, 0) is 21.4 Å². The van der Waals surface area contributed by atoms with Crippen molar-refractivity contribution >= 4 is 50.7 Å². The van der Waals surface area contributed by atoms with Crippen molar-refractivity contribution in [3.63, 3.8) is 0 Å². The number of halogens is 3. The Bertz CT molecular complexity index is 866. The number of nitrogens with one attached hydrogen (secondary N) is 1. The molecule has 0 spiro atoms. The lowest BCUT2D eigenvalue weighted by Crippen LogP contribution is -2.40. The zero-order chi connectivity index (χ0) is 19.3. The van der Waals surface area contributed by atoms with E-state index in [1.165, 1.54) is 12.1 Å². The first-order chi connectivity index (χ1) is 12.3. The maximum Gasteiger partial charge on any atom is 0.246 e. The fraction of sp³-hybridized carbons (Fsp3) is 0.235. The van der Waals surface area contributed by atoms with E-state index in [0.717, 1.165) is 9.87 Å². The minimum absolute atomic E-state index is 0.0116. The summed E-state index contributed by atoms with van der Waals surface area (Å²) >= 11 is 17.8. The van der Waals surface area contributed by atoms with Crippen LogP contribution in [0.1, 0.15) is 12.5 Å². The molecule has 0 aliphatic heterocycles. The van der Waals surface area contributed by atoms with Crippen molar-refractivity contribution in [3.05, 3.63) is 63.1 Å². The van der Waals surface area contributed by atoms with Gasteiger partial charge in [-0.05, 0) is 29.8 Å². The van der Waals surface area contributed by atoms with Gasteiger partial charge in [0.15, 0.2) is 0 Å². The Morgan fingerprint density at radius 1 is 1.04 bits per heavy atom. The number of hydrogen-bond donors (Lipinski definition) is 1. The number of benzene rings is 2. The lowest BCUT2D eigenvalue weighted by Gasteiger charge is -2.21. The third-order valence-corrected chi connectivity index (χ3v) is 6.72. The zero-order valence-electron chi connectivity index (χ0n) is 13.9.